The van der Waals surface area contributed by atoms with Crippen LogP contribution in [0, 0.1) is 6.92 Å². The number of hydrogen-bond acceptors (Lipinski definition) is 4. The summed E-state index contributed by atoms with van der Waals surface area (Å²) in [5.74, 6) is 0.888. The van der Waals surface area contributed by atoms with E-state index in [0.717, 1.165) is 11.4 Å². The minimum Gasteiger partial charge on any atom is -0.387 e. The maximum absolute atomic E-state index is 10.2. The lowest BCUT2D eigenvalue weighted by molar-refractivity contribution is 0.122. The van der Waals surface area contributed by atoms with E-state index in [1.54, 1.807) is 11.0 Å². The lowest BCUT2D eigenvalue weighted by Gasteiger charge is -2.20. The SMILES string of the molecule is Cc1ccc(C(O)CN(C)Cc2ncnn2C)cc1. The van der Waals surface area contributed by atoms with Gasteiger partial charge in [0, 0.05) is 13.6 Å². The molecule has 0 saturated heterocycles. The minimum absolute atomic E-state index is 0.487. The van der Waals surface area contributed by atoms with Crippen LogP contribution in [0.15, 0.2) is 30.6 Å². The molecule has 5 heteroatoms. The molecule has 0 aliphatic rings. The predicted molar refractivity (Wildman–Crippen MR) is 73.5 cm³/mol. The van der Waals surface area contributed by atoms with E-state index >= 15 is 0 Å². The van der Waals surface area contributed by atoms with Crippen molar-refractivity contribution in [3.05, 3.63) is 47.5 Å². The van der Waals surface area contributed by atoms with Gasteiger partial charge in [-0.25, -0.2) is 4.98 Å². The average Bonchev–Trinajstić information content (AvgIpc) is 2.75. The van der Waals surface area contributed by atoms with Crippen LogP contribution in [-0.2, 0) is 13.6 Å². The van der Waals surface area contributed by atoms with Gasteiger partial charge in [-0.2, -0.15) is 5.10 Å². The van der Waals surface area contributed by atoms with E-state index in [0.29, 0.717) is 13.1 Å². The van der Waals surface area contributed by atoms with Crippen molar-refractivity contribution in [3.63, 3.8) is 0 Å². The summed E-state index contributed by atoms with van der Waals surface area (Å²) in [6.07, 6.45) is 1.05. The van der Waals surface area contributed by atoms with Crippen LogP contribution in [0.3, 0.4) is 0 Å². The molecule has 0 amide bonds. The molecule has 0 fully saturated rings. The first-order valence-corrected chi connectivity index (χ1v) is 6.32. The Morgan fingerprint density at radius 1 is 1.32 bits per heavy atom. The van der Waals surface area contributed by atoms with Crippen molar-refractivity contribution >= 4 is 0 Å². The average molecular weight is 260 g/mol. The van der Waals surface area contributed by atoms with E-state index in [4.69, 9.17) is 0 Å². The van der Waals surface area contributed by atoms with Crippen LogP contribution in [0.1, 0.15) is 23.1 Å². The largest absolute Gasteiger partial charge is 0.387 e. The lowest BCUT2D eigenvalue weighted by atomic mass is 10.1. The number of likely N-dealkylation sites (N-methyl/N-ethyl adjacent to an activating group) is 1. The standard InChI is InChI=1S/C14H20N4O/c1-11-4-6-12(7-5-11)13(19)8-17(2)9-14-15-10-16-18(14)3/h4-7,10,13,19H,8-9H2,1-3H3. The van der Waals surface area contributed by atoms with Crippen LogP contribution >= 0.6 is 0 Å². The predicted octanol–water partition coefficient (Wildman–Crippen LogP) is 1.29. The van der Waals surface area contributed by atoms with Crippen LogP contribution in [0.5, 0.6) is 0 Å². The van der Waals surface area contributed by atoms with Crippen molar-refractivity contribution < 1.29 is 5.11 Å². The minimum atomic E-state index is -0.487. The van der Waals surface area contributed by atoms with E-state index in [9.17, 15) is 5.11 Å². The molecule has 2 rings (SSSR count). The summed E-state index contributed by atoms with van der Waals surface area (Å²) in [6, 6.07) is 7.97. The van der Waals surface area contributed by atoms with Crippen molar-refractivity contribution in [3.8, 4) is 0 Å². The number of aliphatic hydroxyl groups excluding tert-OH is 1. The molecule has 0 spiro atoms. The summed E-state index contributed by atoms with van der Waals surface area (Å²) >= 11 is 0. The van der Waals surface area contributed by atoms with Gasteiger partial charge in [0.1, 0.15) is 12.2 Å². The van der Waals surface area contributed by atoms with Gasteiger partial charge in [0.05, 0.1) is 12.6 Å². The molecule has 5 nitrogen and oxygen atoms in total. The third kappa shape index (κ3) is 3.62. The summed E-state index contributed by atoms with van der Waals surface area (Å²) in [4.78, 5) is 6.21. The number of benzene rings is 1. The molecule has 1 unspecified atom stereocenters. The topological polar surface area (TPSA) is 54.2 Å². The van der Waals surface area contributed by atoms with Crippen LogP contribution in [0.4, 0.5) is 0 Å². The monoisotopic (exact) mass is 260 g/mol. The molecule has 0 aliphatic heterocycles. The van der Waals surface area contributed by atoms with Crippen molar-refractivity contribution in [2.75, 3.05) is 13.6 Å². The highest BCUT2D eigenvalue weighted by Crippen LogP contribution is 2.15. The molecule has 2 aromatic rings. The maximum atomic E-state index is 10.2. The summed E-state index contributed by atoms with van der Waals surface area (Å²) in [5, 5.41) is 14.2. The molecule has 0 bridgehead atoms. The van der Waals surface area contributed by atoms with Gasteiger partial charge in [-0.05, 0) is 19.5 Å². The first kappa shape index (κ1) is 13.7. The van der Waals surface area contributed by atoms with Gasteiger partial charge >= 0.3 is 0 Å². The number of rotatable bonds is 5. The second kappa shape index (κ2) is 5.95. The Labute approximate surface area is 113 Å². The summed E-state index contributed by atoms with van der Waals surface area (Å²) in [6.45, 7) is 3.27. The first-order chi connectivity index (χ1) is 9.06. The number of aromatic nitrogens is 3. The molecule has 1 aromatic carbocycles. The second-order valence-electron chi connectivity index (χ2n) is 4.92. The third-order valence-electron chi connectivity index (χ3n) is 3.16. The van der Waals surface area contributed by atoms with E-state index in [-0.39, 0.29) is 0 Å². The Kier molecular flexibility index (Phi) is 4.29. The van der Waals surface area contributed by atoms with Crippen LogP contribution in [0.25, 0.3) is 0 Å². The molecule has 19 heavy (non-hydrogen) atoms. The van der Waals surface area contributed by atoms with Crippen molar-refractivity contribution in [2.24, 2.45) is 7.05 Å². The fraction of sp³-hybridized carbons (Fsp3) is 0.429. The van der Waals surface area contributed by atoms with Crippen LogP contribution in [-0.4, -0.2) is 38.4 Å². The maximum Gasteiger partial charge on any atom is 0.140 e. The third-order valence-corrected chi connectivity index (χ3v) is 3.16. The number of aryl methyl sites for hydroxylation is 2. The van der Waals surface area contributed by atoms with Gasteiger partial charge in [0.2, 0.25) is 0 Å². The molecule has 0 aliphatic carbocycles. The molecular formula is C14H20N4O. The summed E-state index contributed by atoms with van der Waals surface area (Å²) < 4.78 is 1.74. The van der Waals surface area contributed by atoms with Crippen LogP contribution in [0.2, 0.25) is 0 Å². The van der Waals surface area contributed by atoms with Gasteiger partial charge in [-0.3, -0.25) is 9.58 Å². The zero-order chi connectivity index (χ0) is 13.8. The smallest absolute Gasteiger partial charge is 0.140 e. The van der Waals surface area contributed by atoms with E-state index in [2.05, 4.69) is 10.1 Å². The van der Waals surface area contributed by atoms with Crippen molar-refractivity contribution in [1.29, 1.82) is 0 Å². The van der Waals surface area contributed by atoms with Gasteiger partial charge in [0.15, 0.2) is 0 Å². The highest BCUT2D eigenvalue weighted by molar-refractivity contribution is 5.23. The second-order valence-corrected chi connectivity index (χ2v) is 4.92. The van der Waals surface area contributed by atoms with Crippen molar-refractivity contribution in [2.45, 2.75) is 19.6 Å². The normalized spacial score (nSPS) is 12.9. The highest BCUT2D eigenvalue weighted by Gasteiger charge is 2.12. The Hall–Kier alpha value is -1.72. The fourth-order valence-electron chi connectivity index (χ4n) is 1.96. The first-order valence-electron chi connectivity index (χ1n) is 6.32. The lowest BCUT2D eigenvalue weighted by Crippen LogP contribution is -2.25. The number of aliphatic hydroxyl groups is 1. The van der Waals surface area contributed by atoms with E-state index in [1.165, 1.54) is 5.56 Å². The molecule has 1 N–H and O–H groups in total. The molecular weight excluding hydrogens is 240 g/mol. The van der Waals surface area contributed by atoms with Gasteiger partial charge in [0.25, 0.3) is 0 Å². The fourth-order valence-corrected chi connectivity index (χ4v) is 1.96. The van der Waals surface area contributed by atoms with E-state index in [1.807, 2.05) is 50.2 Å². The van der Waals surface area contributed by atoms with Gasteiger partial charge in [-0.1, -0.05) is 29.8 Å². The Morgan fingerprint density at radius 2 is 2.00 bits per heavy atom. The summed E-state index contributed by atoms with van der Waals surface area (Å²) in [5.41, 5.74) is 2.14. The Morgan fingerprint density at radius 3 is 2.58 bits per heavy atom. The van der Waals surface area contributed by atoms with Crippen LogP contribution < -0.4 is 0 Å². The molecule has 1 heterocycles. The molecule has 1 atom stereocenters. The molecule has 0 saturated carbocycles. The zero-order valence-electron chi connectivity index (χ0n) is 11.6. The summed E-state index contributed by atoms with van der Waals surface area (Å²) in [7, 11) is 3.83. The Bertz CT molecular complexity index is 520. The van der Waals surface area contributed by atoms with E-state index < -0.39 is 6.10 Å². The van der Waals surface area contributed by atoms with Crippen molar-refractivity contribution in [1.82, 2.24) is 19.7 Å². The number of nitrogens with zero attached hydrogens (tertiary/aromatic N) is 4. The molecule has 0 radical (unpaired) electrons. The van der Waals surface area contributed by atoms with Gasteiger partial charge in [-0.15, -0.1) is 0 Å². The molecule has 1 aromatic heterocycles. The number of hydrogen-bond donors (Lipinski definition) is 1. The quantitative estimate of drug-likeness (QED) is 0.880. The zero-order valence-corrected chi connectivity index (χ0v) is 11.6. The highest BCUT2D eigenvalue weighted by atomic mass is 16.3. The molecule has 102 valence electrons. The van der Waals surface area contributed by atoms with Gasteiger partial charge < -0.3 is 5.11 Å². The Balaban J connectivity index is 1.93.